The van der Waals surface area contributed by atoms with Crippen molar-refractivity contribution < 1.29 is 17.6 Å². The fourth-order valence-electron chi connectivity index (χ4n) is 2.74. The molecular formula is C19H23N3O4S. The van der Waals surface area contributed by atoms with E-state index in [1.165, 1.54) is 25.4 Å². The molecule has 1 heterocycles. The Morgan fingerprint density at radius 3 is 2.59 bits per heavy atom. The Labute approximate surface area is 159 Å². The van der Waals surface area contributed by atoms with Crippen LogP contribution in [0, 0.1) is 12.8 Å². The van der Waals surface area contributed by atoms with Crippen LogP contribution in [0.4, 0.5) is 0 Å². The second-order valence-corrected chi connectivity index (χ2v) is 8.97. The number of aryl methyl sites for hydroxylation is 1. The highest BCUT2D eigenvalue weighted by molar-refractivity contribution is 7.89. The van der Waals surface area contributed by atoms with E-state index in [9.17, 15) is 13.2 Å². The summed E-state index contributed by atoms with van der Waals surface area (Å²) in [6.45, 7) is 3.71. The Morgan fingerprint density at radius 1 is 1.30 bits per heavy atom. The summed E-state index contributed by atoms with van der Waals surface area (Å²) in [5, 5.41) is 3.83. The van der Waals surface area contributed by atoms with Gasteiger partial charge in [0.05, 0.1) is 17.7 Å². The third kappa shape index (κ3) is 4.64. The molecule has 1 N–H and O–H groups in total. The maximum atomic E-state index is 12.5. The van der Waals surface area contributed by atoms with Crippen molar-refractivity contribution in [2.75, 3.05) is 13.6 Å². The molecule has 1 amide bonds. The van der Waals surface area contributed by atoms with Crippen LogP contribution in [0.25, 0.3) is 0 Å². The van der Waals surface area contributed by atoms with Gasteiger partial charge in [0.1, 0.15) is 11.5 Å². The van der Waals surface area contributed by atoms with Crippen molar-refractivity contribution in [3.63, 3.8) is 0 Å². The normalized spacial score (nSPS) is 19.6. The quantitative estimate of drug-likeness (QED) is 0.582. The number of likely N-dealkylation sites (N-methyl/N-ethyl adjacent to an activating group) is 1. The average Bonchev–Trinajstić information content (AvgIpc) is 3.16. The van der Waals surface area contributed by atoms with Gasteiger partial charge in [-0.3, -0.25) is 4.79 Å². The summed E-state index contributed by atoms with van der Waals surface area (Å²) in [5.74, 6) is 2.06. The summed E-state index contributed by atoms with van der Waals surface area (Å²) >= 11 is 0. The lowest BCUT2D eigenvalue weighted by molar-refractivity contribution is -0.121. The molecule has 2 atom stereocenters. The minimum atomic E-state index is -3.73. The second-order valence-electron chi connectivity index (χ2n) is 6.93. The van der Waals surface area contributed by atoms with Crippen molar-refractivity contribution >= 4 is 22.1 Å². The third-order valence-electron chi connectivity index (χ3n) is 4.60. The van der Waals surface area contributed by atoms with E-state index < -0.39 is 15.9 Å². The molecule has 144 valence electrons. The smallest absolute Gasteiger partial charge is 0.255 e. The van der Waals surface area contributed by atoms with Crippen LogP contribution < -0.4 is 5.43 Å². The zero-order valence-electron chi connectivity index (χ0n) is 15.5. The summed E-state index contributed by atoms with van der Waals surface area (Å²) in [6, 6.07) is 10.2. The van der Waals surface area contributed by atoms with Crippen LogP contribution in [0.5, 0.6) is 0 Å². The number of carbonyl (C=O) groups is 1. The summed E-state index contributed by atoms with van der Waals surface area (Å²) in [7, 11) is -2.38. The van der Waals surface area contributed by atoms with E-state index in [-0.39, 0.29) is 11.4 Å². The lowest BCUT2D eigenvalue weighted by Gasteiger charge is -2.16. The highest BCUT2D eigenvalue weighted by Crippen LogP contribution is 2.47. The van der Waals surface area contributed by atoms with Gasteiger partial charge in [0.2, 0.25) is 10.0 Å². The van der Waals surface area contributed by atoms with Gasteiger partial charge in [-0.15, -0.1) is 0 Å². The maximum absolute atomic E-state index is 12.5. The average molecular weight is 389 g/mol. The van der Waals surface area contributed by atoms with Crippen molar-refractivity contribution in [1.82, 2.24) is 9.73 Å². The molecule has 7 nitrogen and oxygen atoms in total. The monoisotopic (exact) mass is 389 g/mol. The van der Waals surface area contributed by atoms with Crippen molar-refractivity contribution in [2.45, 2.75) is 31.1 Å². The zero-order chi connectivity index (χ0) is 19.6. The first-order valence-electron chi connectivity index (χ1n) is 8.72. The Morgan fingerprint density at radius 2 is 1.96 bits per heavy atom. The van der Waals surface area contributed by atoms with E-state index in [1.807, 2.05) is 13.0 Å². The Hall–Kier alpha value is -2.45. The predicted molar refractivity (Wildman–Crippen MR) is 102 cm³/mol. The van der Waals surface area contributed by atoms with Crippen LogP contribution >= 0.6 is 0 Å². The Balaban J connectivity index is 1.53. The van der Waals surface area contributed by atoms with Crippen molar-refractivity contribution in [3.05, 3.63) is 53.5 Å². The molecule has 0 aliphatic heterocycles. The van der Waals surface area contributed by atoms with Gasteiger partial charge < -0.3 is 4.42 Å². The molecular weight excluding hydrogens is 366 g/mol. The molecule has 1 aliphatic carbocycles. The minimum Gasteiger partial charge on any atom is -0.460 e. The number of hydrazone groups is 1. The van der Waals surface area contributed by atoms with Gasteiger partial charge in [-0.2, -0.15) is 9.41 Å². The Kier molecular flexibility index (Phi) is 5.48. The molecule has 8 heteroatoms. The van der Waals surface area contributed by atoms with E-state index in [2.05, 4.69) is 17.5 Å². The van der Waals surface area contributed by atoms with E-state index in [1.54, 1.807) is 18.2 Å². The molecule has 1 fully saturated rings. The highest BCUT2D eigenvalue weighted by atomic mass is 32.2. The maximum Gasteiger partial charge on any atom is 0.255 e. The van der Waals surface area contributed by atoms with Gasteiger partial charge in [-0.25, -0.2) is 13.8 Å². The molecule has 1 aliphatic rings. The standard InChI is InChI=1S/C19H23N3O4S/c1-13-4-7-16(8-5-13)27(24,25)22(3)12-19(23)21-20-11-15-6-9-18(26-15)17-10-14(17)2/h4-9,11,14,17H,10,12H2,1-3H3,(H,21,23)/b20-11-/t14-,17+/m0/s1. The predicted octanol–water partition coefficient (Wildman–Crippen LogP) is 2.48. The van der Waals surface area contributed by atoms with Crippen LogP contribution in [-0.4, -0.2) is 38.4 Å². The van der Waals surface area contributed by atoms with E-state index >= 15 is 0 Å². The van der Waals surface area contributed by atoms with Gasteiger partial charge in [0.25, 0.3) is 5.91 Å². The first-order chi connectivity index (χ1) is 12.8. The van der Waals surface area contributed by atoms with Crippen molar-refractivity contribution in [1.29, 1.82) is 0 Å². The number of sulfonamides is 1. The summed E-state index contributed by atoms with van der Waals surface area (Å²) in [4.78, 5) is 12.1. The molecule has 0 bridgehead atoms. The highest BCUT2D eigenvalue weighted by Gasteiger charge is 2.36. The molecule has 1 aromatic carbocycles. The molecule has 2 aromatic rings. The van der Waals surface area contributed by atoms with Crippen molar-refractivity contribution in [3.8, 4) is 0 Å². The summed E-state index contributed by atoms with van der Waals surface area (Å²) < 4.78 is 31.6. The topological polar surface area (TPSA) is 92.0 Å². The fraction of sp³-hybridized carbons (Fsp3) is 0.368. The minimum absolute atomic E-state index is 0.143. The number of nitrogens with one attached hydrogen (secondary N) is 1. The van der Waals surface area contributed by atoms with Crippen LogP contribution in [0.1, 0.15) is 36.3 Å². The fourth-order valence-corrected chi connectivity index (χ4v) is 3.86. The molecule has 1 saturated carbocycles. The van der Waals surface area contributed by atoms with Gasteiger partial charge in [-0.1, -0.05) is 24.6 Å². The molecule has 0 spiro atoms. The molecule has 1 aromatic heterocycles. The first kappa shape index (κ1) is 19.3. The zero-order valence-corrected chi connectivity index (χ0v) is 16.4. The number of carbonyl (C=O) groups excluding carboxylic acids is 1. The third-order valence-corrected chi connectivity index (χ3v) is 6.42. The largest absolute Gasteiger partial charge is 0.460 e. The molecule has 0 radical (unpaired) electrons. The van der Waals surface area contributed by atoms with E-state index in [4.69, 9.17) is 4.42 Å². The molecule has 0 saturated heterocycles. The van der Waals surface area contributed by atoms with Crippen molar-refractivity contribution in [2.24, 2.45) is 11.0 Å². The van der Waals surface area contributed by atoms with Crippen LogP contribution in [0.2, 0.25) is 0 Å². The number of hydrogen-bond donors (Lipinski definition) is 1. The Bertz CT molecular complexity index is 948. The van der Waals surface area contributed by atoms with Gasteiger partial charge in [-0.05, 0) is 43.5 Å². The van der Waals surface area contributed by atoms with E-state index in [0.29, 0.717) is 17.6 Å². The number of benzene rings is 1. The number of amides is 1. The molecule has 0 unspecified atom stereocenters. The SMILES string of the molecule is Cc1ccc(S(=O)(=O)N(C)CC(=O)N/N=C\c2ccc([C@@H]3C[C@@H]3C)o2)cc1. The van der Waals surface area contributed by atoms with Crippen LogP contribution in [0.3, 0.4) is 0 Å². The lowest BCUT2D eigenvalue weighted by Crippen LogP contribution is -2.36. The van der Waals surface area contributed by atoms with Gasteiger partial charge >= 0.3 is 0 Å². The van der Waals surface area contributed by atoms with Gasteiger partial charge in [0.15, 0.2) is 0 Å². The number of rotatable bonds is 7. The van der Waals surface area contributed by atoms with Gasteiger partial charge in [0, 0.05) is 13.0 Å². The lowest BCUT2D eigenvalue weighted by atomic mass is 10.2. The first-order valence-corrected chi connectivity index (χ1v) is 10.2. The summed E-state index contributed by atoms with van der Waals surface area (Å²) in [5.41, 5.74) is 3.28. The van der Waals surface area contributed by atoms with E-state index in [0.717, 1.165) is 22.0 Å². The molecule has 3 rings (SSSR count). The summed E-state index contributed by atoms with van der Waals surface area (Å²) in [6.07, 6.45) is 2.53. The number of furan rings is 1. The second kappa shape index (κ2) is 7.66. The van der Waals surface area contributed by atoms with Crippen LogP contribution in [0.15, 0.2) is 50.8 Å². The van der Waals surface area contributed by atoms with Crippen LogP contribution in [-0.2, 0) is 14.8 Å². The molecule has 27 heavy (non-hydrogen) atoms. The number of hydrogen-bond acceptors (Lipinski definition) is 5. The number of nitrogens with zero attached hydrogens (tertiary/aromatic N) is 2.